The standard InChI is InChI=1S/C36H46N4O4/c1-17(2)39-19(5)35(9,10)25-13-23(27(15-29(25)39)37-21(7)41)31-33(43)32(34(31)44)24-14-26-30(16-28(24)38-22(8)42)40(18(3)4)20(6)36(26,11)12/h13-20,43H,1-12H3,(H,37,41)/b32-24+,38-28?. The smallest absolute Gasteiger partial charge is 0.243 e. The first-order valence-corrected chi connectivity index (χ1v) is 15.6. The van der Waals surface area contributed by atoms with Gasteiger partial charge in [0, 0.05) is 71.4 Å². The van der Waals surface area contributed by atoms with Crippen molar-refractivity contribution >= 4 is 40.3 Å². The van der Waals surface area contributed by atoms with Gasteiger partial charge >= 0.3 is 0 Å². The third-order valence-corrected chi connectivity index (χ3v) is 10.3. The zero-order valence-corrected chi connectivity index (χ0v) is 28.1. The Balaban J connectivity index is 1.74. The van der Waals surface area contributed by atoms with Crippen LogP contribution >= 0.6 is 0 Å². The first kappa shape index (κ1) is 31.5. The number of benzene rings is 1. The molecule has 2 N–H and O–H groups in total. The average molecular weight is 599 g/mol. The first-order valence-electron chi connectivity index (χ1n) is 15.6. The van der Waals surface area contributed by atoms with Gasteiger partial charge < -0.3 is 20.2 Å². The van der Waals surface area contributed by atoms with E-state index in [0.717, 1.165) is 22.5 Å². The van der Waals surface area contributed by atoms with E-state index in [1.807, 2.05) is 24.3 Å². The van der Waals surface area contributed by atoms with Crippen LogP contribution in [0, 0.1) is 5.41 Å². The summed E-state index contributed by atoms with van der Waals surface area (Å²) in [6.45, 7) is 24.4. The number of rotatable bonds is 4. The Morgan fingerprint density at radius 1 is 0.909 bits per heavy atom. The summed E-state index contributed by atoms with van der Waals surface area (Å²) in [5, 5.41) is 14.6. The second-order valence-corrected chi connectivity index (χ2v) is 14.3. The second kappa shape index (κ2) is 10.3. The molecule has 2 unspecified atom stereocenters. The van der Waals surface area contributed by atoms with Crippen molar-refractivity contribution in [3.05, 3.63) is 63.6 Å². The van der Waals surface area contributed by atoms with Gasteiger partial charge in [-0.3, -0.25) is 14.4 Å². The van der Waals surface area contributed by atoms with Gasteiger partial charge in [-0.05, 0) is 77.0 Å². The first-order chi connectivity index (χ1) is 20.3. The summed E-state index contributed by atoms with van der Waals surface area (Å²) < 4.78 is 0. The Bertz CT molecular complexity index is 1660. The number of anilines is 2. The lowest BCUT2D eigenvalue weighted by molar-refractivity contribution is -0.116. The molecule has 44 heavy (non-hydrogen) atoms. The molecule has 1 aromatic rings. The number of carbonyl (C=O) groups excluding carboxylic acids is 3. The van der Waals surface area contributed by atoms with Gasteiger partial charge in [-0.1, -0.05) is 27.7 Å². The number of allylic oxidation sites excluding steroid dienone is 6. The SMILES string of the molecule is CC(=O)N=C1C=C2C(=C/C1=C1\C(=O)C(c3cc4c(cc3NC(C)=O)N(C(C)C)C(C)C4(C)C)=C1O)C(C)(C)C(C)N2C(C)C. The molecule has 0 spiro atoms. The van der Waals surface area contributed by atoms with Crippen LogP contribution in [0.15, 0.2) is 57.5 Å². The number of ketones is 1. The van der Waals surface area contributed by atoms with Crippen LogP contribution in [0.4, 0.5) is 11.4 Å². The van der Waals surface area contributed by atoms with Gasteiger partial charge in [0.2, 0.25) is 17.6 Å². The van der Waals surface area contributed by atoms with Crippen LogP contribution < -0.4 is 10.2 Å². The maximum atomic E-state index is 14.1. The highest BCUT2D eigenvalue weighted by molar-refractivity contribution is 6.42. The lowest BCUT2D eigenvalue weighted by Crippen LogP contribution is -2.42. The van der Waals surface area contributed by atoms with Crippen LogP contribution in [0.2, 0.25) is 0 Å². The van der Waals surface area contributed by atoms with Gasteiger partial charge in [0.25, 0.3) is 0 Å². The van der Waals surface area contributed by atoms with Gasteiger partial charge in [-0.15, -0.1) is 0 Å². The van der Waals surface area contributed by atoms with Crippen molar-refractivity contribution in [2.24, 2.45) is 10.4 Å². The Hall–Kier alpha value is -3.94. The van der Waals surface area contributed by atoms with Crippen molar-refractivity contribution in [3.8, 4) is 0 Å². The van der Waals surface area contributed by atoms with E-state index < -0.39 is 0 Å². The van der Waals surface area contributed by atoms with Gasteiger partial charge in [0.1, 0.15) is 5.76 Å². The maximum Gasteiger partial charge on any atom is 0.243 e. The van der Waals surface area contributed by atoms with Crippen LogP contribution in [-0.2, 0) is 19.8 Å². The van der Waals surface area contributed by atoms with Crippen molar-refractivity contribution in [1.82, 2.24) is 4.90 Å². The average Bonchev–Trinajstić information content (AvgIpc) is 3.21. The summed E-state index contributed by atoms with van der Waals surface area (Å²) in [5.41, 5.74) is 5.66. The minimum Gasteiger partial charge on any atom is -0.506 e. The number of aliphatic hydroxyl groups is 1. The highest BCUT2D eigenvalue weighted by Gasteiger charge is 2.49. The number of fused-ring (bicyclic) bond motifs is 2. The molecule has 2 amide bonds. The monoisotopic (exact) mass is 598 g/mol. The second-order valence-electron chi connectivity index (χ2n) is 14.3. The van der Waals surface area contributed by atoms with Gasteiger partial charge in [-0.2, -0.15) is 0 Å². The van der Waals surface area contributed by atoms with E-state index in [4.69, 9.17) is 0 Å². The summed E-state index contributed by atoms with van der Waals surface area (Å²) in [4.78, 5) is 47.7. The van der Waals surface area contributed by atoms with Gasteiger partial charge in [0.15, 0.2) is 0 Å². The molecule has 1 saturated heterocycles. The summed E-state index contributed by atoms with van der Waals surface area (Å²) in [7, 11) is 0. The molecular weight excluding hydrogens is 552 g/mol. The summed E-state index contributed by atoms with van der Waals surface area (Å²) in [6.07, 6.45) is 3.81. The quantitative estimate of drug-likeness (QED) is 0.377. The predicted molar refractivity (Wildman–Crippen MR) is 177 cm³/mol. The zero-order chi connectivity index (χ0) is 32.8. The van der Waals surface area contributed by atoms with E-state index in [-0.39, 0.29) is 69.5 Å². The van der Waals surface area contributed by atoms with Crippen LogP contribution in [0.3, 0.4) is 0 Å². The zero-order valence-electron chi connectivity index (χ0n) is 28.1. The molecule has 2 aliphatic heterocycles. The Kier molecular flexibility index (Phi) is 7.38. The fourth-order valence-corrected chi connectivity index (χ4v) is 7.50. The Labute approximate surface area is 261 Å². The molecule has 2 heterocycles. The lowest BCUT2D eigenvalue weighted by atomic mass is 9.73. The third-order valence-electron chi connectivity index (χ3n) is 10.3. The fraction of sp³-hybridized carbons (Fsp3) is 0.500. The van der Waals surface area contributed by atoms with E-state index in [1.54, 1.807) is 0 Å². The van der Waals surface area contributed by atoms with Crippen LogP contribution in [0.1, 0.15) is 94.2 Å². The minimum absolute atomic E-state index is 0.139. The molecule has 234 valence electrons. The summed E-state index contributed by atoms with van der Waals surface area (Å²) >= 11 is 0. The van der Waals surface area contributed by atoms with Gasteiger partial charge in [0.05, 0.1) is 22.5 Å². The van der Waals surface area contributed by atoms with Crippen molar-refractivity contribution in [2.45, 2.75) is 113 Å². The van der Waals surface area contributed by atoms with Crippen LogP contribution in [0.25, 0.3) is 5.57 Å². The fourth-order valence-electron chi connectivity index (χ4n) is 7.50. The molecule has 0 bridgehead atoms. The predicted octanol–water partition coefficient (Wildman–Crippen LogP) is 6.64. The molecular formula is C36H46N4O4. The molecule has 1 aromatic carbocycles. The van der Waals surface area contributed by atoms with Crippen molar-refractivity contribution in [3.63, 3.8) is 0 Å². The van der Waals surface area contributed by atoms with E-state index in [0.29, 0.717) is 22.5 Å². The topological polar surface area (TPSA) is 102 Å². The molecule has 0 aromatic heterocycles. The number of nitrogens with one attached hydrogen (secondary N) is 1. The largest absolute Gasteiger partial charge is 0.506 e. The van der Waals surface area contributed by atoms with E-state index in [1.165, 1.54) is 13.8 Å². The highest BCUT2D eigenvalue weighted by Crippen LogP contribution is 2.53. The van der Waals surface area contributed by atoms with Crippen molar-refractivity contribution < 1.29 is 19.5 Å². The van der Waals surface area contributed by atoms with Crippen LogP contribution in [0.5, 0.6) is 0 Å². The number of aliphatic imine (C=N–C) groups is 1. The number of likely N-dealkylation sites (tertiary alicyclic amines) is 1. The van der Waals surface area contributed by atoms with E-state index in [9.17, 15) is 19.5 Å². The number of hydrogen-bond acceptors (Lipinski definition) is 6. The molecule has 0 radical (unpaired) electrons. The Morgan fingerprint density at radius 3 is 2.02 bits per heavy atom. The number of amides is 2. The molecule has 5 rings (SSSR count). The summed E-state index contributed by atoms with van der Waals surface area (Å²) in [6, 6.07) is 4.67. The van der Waals surface area contributed by atoms with Crippen molar-refractivity contribution in [1.29, 1.82) is 0 Å². The number of Topliss-reactive ketones (excluding diaryl/α,β-unsaturated/α-hetero) is 1. The lowest BCUT2D eigenvalue weighted by Gasteiger charge is -2.34. The van der Waals surface area contributed by atoms with E-state index in [2.05, 4.69) is 89.3 Å². The molecule has 1 fully saturated rings. The number of carbonyl (C=O) groups is 3. The number of aliphatic hydroxyl groups excluding tert-OH is 1. The van der Waals surface area contributed by atoms with E-state index >= 15 is 0 Å². The molecule has 2 atom stereocenters. The summed E-state index contributed by atoms with van der Waals surface area (Å²) in [5.74, 6) is -1.16. The molecule has 2 aliphatic carbocycles. The highest BCUT2D eigenvalue weighted by atomic mass is 16.3. The molecule has 4 aliphatic rings. The Morgan fingerprint density at radius 2 is 1.50 bits per heavy atom. The number of hydrogen-bond donors (Lipinski definition) is 2. The van der Waals surface area contributed by atoms with Crippen molar-refractivity contribution in [2.75, 3.05) is 10.2 Å². The molecule has 8 heteroatoms. The molecule has 0 saturated carbocycles. The maximum absolute atomic E-state index is 14.1. The third kappa shape index (κ3) is 4.48. The molecule has 8 nitrogen and oxygen atoms in total. The van der Waals surface area contributed by atoms with Crippen LogP contribution in [-0.4, -0.2) is 57.5 Å². The minimum atomic E-state index is -0.388. The van der Waals surface area contributed by atoms with Gasteiger partial charge in [-0.25, -0.2) is 4.99 Å². The normalized spacial score (nSPS) is 26.2. The number of nitrogens with zero attached hydrogens (tertiary/aromatic N) is 3.